The molecule has 0 radical (unpaired) electrons. The lowest BCUT2D eigenvalue weighted by Gasteiger charge is -2.07. The second kappa shape index (κ2) is 5.01. The summed E-state index contributed by atoms with van der Waals surface area (Å²) in [5.74, 6) is 3.03. The lowest BCUT2D eigenvalue weighted by atomic mass is 10.0. The van der Waals surface area contributed by atoms with Gasteiger partial charge in [0.05, 0.1) is 12.7 Å². The number of ether oxygens (including phenoxy) is 1. The van der Waals surface area contributed by atoms with Crippen LogP contribution in [0.3, 0.4) is 0 Å². The molecule has 0 fully saturated rings. The van der Waals surface area contributed by atoms with Crippen LogP contribution in [0.5, 0.6) is 5.75 Å². The van der Waals surface area contributed by atoms with Crippen molar-refractivity contribution < 1.29 is 13.7 Å². The monoisotopic (exact) mass is 284 g/mol. The molecule has 0 saturated carbocycles. The molecule has 2 N–H and O–H groups in total. The first-order valence-corrected chi connectivity index (χ1v) is 6.57. The van der Waals surface area contributed by atoms with E-state index in [0.29, 0.717) is 22.9 Å². The van der Waals surface area contributed by atoms with Crippen molar-refractivity contribution in [2.24, 2.45) is 0 Å². The molecule has 21 heavy (non-hydrogen) atoms. The minimum absolute atomic E-state index is 0.324. The summed E-state index contributed by atoms with van der Waals surface area (Å²) >= 11 is 0. The van der Waals surface area contributed by atoms with Crippen molar-refractivity contribution >= 4 is 5.82 Å². The van der Waals surface area contributed by atoms with Gasteiger partial charge < -0.3 is 19.4 Å². The van der Waals surface area contributed by atoms with Gasteiger partial charge in [-0.05, 0) is 43.2 Å². The molecule has 0 aliphatic heterocycles. The largest absolute Gasteiger partial charge is 0.496 e. The molecule has 0 saturated heterocycles. The van der Waals surface area contributed by atoms with E-state index in [1.807, 2.05) is 44.2 Å². The predicted octanol–water partition coefficient (Wildman–Crippen LogP) is 3.81. The molecular weight excluding hydrogens is 268 g/mol. The van der Waals surface area contributed by atoms with E-state index in [9.17, 15) is 0 Å². The Hall–Kier alpha value is -2.69. The van der Waals surface area contributed by atoms with Crippen LogP contribution in [0.2, 0.25) is 0 Å². The van der Waals surface area contributed by atoms with Crippen LogP contribution in [-0.2, 0) is 0 Å². The second-order valence-corrected chi connectivity index (χ2v) is 4.87. The van der Waals surface area contributed by atoms with E-state index < -0.39 is 0 Å². The van der Waals surface area contributed by atoms with Gasteiger partial charge in [-0.25, -0.2) is 0 Å². The number of hydrogen-bond acceptors (Lipinski definition) is 5. The fraction of sp³-hybridized carbons (Fsp3) is 0.188. The summed E-state index contributed by atoms with van der Waals surface area (Å²) in [4.78, 5) is 0. The Morgan fingerprint density at radius 1 is 1.14 bits per heavy atom. The van der Waals surface area contributed by atoms with Crippen LogP contribution in [0.15, 0.2) is 39.3 Å². The highest BCUT2D eigenvalue weighted by atomic mass is 16.5. The first-order chi connectivity index (χ1) is 10.1. The van der Waals surface area contributed by atoms with Crippen molar-refractivity contribution in [3.05, 3.63) is 41.7 Å². The van der Waals surface area contributed by atoms with Gasteiger partial charge >= 0.3 is 0 Å². The van der Waals surface area contributed by atoms with E-state index in [0.717, 1.165) is 22.6 Å². The Labute approximate surface area is 122 Å². The summed E-state index contributed by atoms with van der Waals surface area (Å²) in [6, 6.07) is 9.55. The minimum atomic E-state index is 0.324. The SMILES string of the molecule is COc1cc(-c2c(N)noc2-c2ccc(C)o2)ccc1C. The Kier molecular flexibility index (Phi) is 3.17. The first kappa shape index (κ1) is 13.3. The lowest BCUT2D eigenvalue weighted by Crippen LogP contribution is -1.91. The molecule has 0 aliphatic rings. The molecule has 0 atom stereocenters. The number of nitrogens with two attached hydrogens (primary N) is 1. The summed E-state index contributed by atoms with van der Waals surface area (Å²) in [5, 5.41) is 3.86. The first-order valence-electron chi connectivity index (χ1n) is 6.57. The van der Waals surface area contributed by atoms with E-state index in [2.05, 4.69) is 5.16 Å². The van der Waals surface area contributed by atoms with Gasteiger partial charge in [0.2, 0.25) is 5.76 Å². The number of nitrogen functional groups attached to an aromatic ring is 1. The van der Waals surface area contributed by atoms with Crippen molar-refractivity contribution in [2.75, 3.05) is 12.8 Å². The summed E-state index contributed by atoms with van der Waals surface area (Å²) in [6.45, 7) is 3.86. The van der Waals surface area contributed by atoms with E-state index >= 15 is 0 Å². The van der Waals surface area contributed by atoms with Gasteiger partial charge in [-0.2, -0.15) is 0 Å². The zero-order valence-electron chi connectivity index (χ0n) is 12.1. The van der Waals surface area contributed by atoms with Gasteiger partial charge in [-0.1, -0.05) is 17.3 Å². The van der Waals surface area contributed by atoms with Gasteiger partial charge in [-0.15, -0.1) is 0 Å². The molecular formula is C16H16N2O3. The van der Waals surface area contributed by atoms with Crippen LogP contribution in [0.1, 0.15) is 11.3 Å². The maximum atomic E-state index is 5.96. The van der Waals surface area contributed by atoms with Gasteiger partial charge in [0.25, 0.3) is 0 Å². The number of furan rings is 1. The average Bonchev–Trinajstić information content (AvgIpc) is 3.05. The number of hydrogen-bond donors (Lipinski definition) is 1. The number of anilines is 1. The summed E-state index contributed by atoms with van der Waals surface area (Å²) in [7, 11) is 1.64. The summed E-state index contributed by atoms with van der Waals surface area (Å²) in [5.41, 5.74) is 8.59. The zero-order chi connectivity index (χ0) is 15.0. The molecule has 0 aliphatic carbocycles. The van der Waals surface area contributed by atoms with Crippen molar-refractivity contribution in [3.63, 3.8) is 0 Å². The summed E-state index contributed by atoms with van der Waals surface area (Å²) in [6.07, 6.45) is 0. The van der Waals surface area contributed by atoms with Crippen LogP contribution >= 0.6 is 0 Å². The van der Waals surface area contributed by atoms with Crippen molar-refractivity contribution in [1.29, 1.82) is 0 Å². The van der Waals surface area contributed by atoms with E-state index in [4.69, 9.17) is 19.4 Å². The van der Waals surface area contributed by atoms with Gasteiger partial charge in [0.15, 0.2) is 11.6 Å². The Balaban J connectivity index is 2.17. The molecule has 1 aromatic carbocycles. The minimum Gasteiger partial charge on any atom is -0.496 e. The molecule has 5 heteroatoms. The van der Waals surface area contributed by atoms with Gasteiger partial charge in [0, 0.05) is 0 Å². The third kappa shape index (κ3) is 2.27. The Bertz CT molecular complexity index is 787. The van der Waals surface area contributed by atoms with Crippen LogP contribution in [0.4, 0.5) is 5.82 Å². The highest BCUT2D eigenvalue weighted by Gasteiger charge is 2.20. The topological polar surface area (TPSA) is 74.4 Å². The molecule has 5 nitrogen and oxygen atoms in total. The normalized spacial score (nSPS) is 10.8. The second-order valence-electron chi connectivity index (χ2n) is 4.87. The molecule has 2 heterocycles. The molecule has 0 amide bonds. The number of rotatable bonds is 3. The molecule has 108 valence electrons. The number of benzene rings is 1. The van der Waals surface area contributed by atoms with Crippen LogP contribution in [-0.4, -0.2) is 12.3 Å². The maximum absolute atomic E-state index is 5.96. The molecule has 3 rings (SSSR count). The van der Waals surface area contributed by atoms with Crippen LogP contribution < -0.4 is 10.5 Å². The van der Waals surface area contributed by atoms with Gasteiger partial charge in [-0.3, -0.25) is 0 Å². The smallest absolute Gasteiger partial charge is 0.212 e. The average molecular weight is 284 g/mol. The number of aromatic nitrogens is 1. The van der Waals surface area contributed by atoms with Crippen LogP contribution in [0.25, 0.3) is 22.6 Å². The van der Waals surface area contributed by atoms with E-state index in [1.165, 1.54) is 0 Å². The van der Waals surface area contributed by atoms with Crippen molar-refractivity contribution in [1.82, 2.24) is 5.16 Å². The highest BCUT2D eigenvalue weighted by Crippen LogP contribution is 2.38. The number of nitrogens with zero attached hydrogens (tertiary/aromatic N) is 1. The standard InChI is InChI=1S/C16H16N2O3/c1-9-4-6-11(8-13(9)19-3)14-15(21-18-16(14)17)12-7-5-10(2)20-12/h4-8H,1-3H3,(H2,17,18). The number of aryl methyl sites for hydroxylation is 2. The lowest BCUT2D eigenvalue weighted by molar-refractivity contribution is 0.412. The van der Waals surface area contributed by atoms with E-state index in [-0.39, 0.29) is 0 Å². The zero-order valence-corrected chi connectivity index (χ0v) is 12.1. The fourth-order valence-corrected chi connectivity index (χ4v) is 2.28. The third-order valence-electron chi connectivity index (χ3n) is 3.38. The highest BCUT2D eigenvalue weighted by molar-refractivity contribution is 5.85. The third-order valence-corrected chi connectivity index (χ3v) is 3.38. The molecule has 0 unspecified atom stereocenters. The van der Waals surface area contributed by atoms with Gasteiger partial charge in [0.1, 0.15) is 11.5 Å². The van der Waals surface area contributed by atoms with Crippen molar-refractivity contribution in [2.45, 2.75) is 13.8 Å². The molecule has 2 aromatic heterocycles. The quantitative estimate of drug-likeness (QED) is 0.791. The van der Waals surface area contributed by atoms with Crippen LogP contribution in [0, 0.1) is 13.8 Å². The molecule has 0 bridgehead atoms. The maximum Gasteiger partial charge on any atom is 0.212 e. The Morgan fingerprint density at radius 3 is 2.62 bits per heavy atom. The van der Waals surface area contributed by atoms with E-state index in [1.54, 1.807) is 7.11 Å². The fourth-order valence-electron chi connectivity index (χ4n) is 2.28. The molecule has 3 aromatic rings. The number of methoxy groups -OCH3 is 1. The predicted molar refractivity (Wildman–Crippen MR) is 80.1 cm³/mol. The Morgan fingerprint density at radius 2 is 1.95 bits per heavy atom. The summed E-state index contributed by atoms with van der Waals surface area (Å²) < 4.78 is 16.3. The van der Waals surface area contributed by atoms with Crippen molar-refractivity contribution in [3.8, 4) is 28.4 Å². The molecule has 0 spiro atoms.